The van der Waals surface area contributed by atoms with Gasteiger partial charge in [-0.25, -0.2) is 4.98 Å². The quantitative estimate of drug-likeness (QED) is 0.542. The van der Waals surface area contributed by atoms with E-state index in [0.717, 1.165) is 23.0 Å². The molecule has 2 aromatic carbocycles. The van der Waals surface area contributed by atoms with E-state index >= 15 is 0 Å². The lowest BCUT2D eigenvalue weighted by molar-refractivity contribution is -0.113. The monoisotopic (exact) mass is 397 g/mol. The van der Waals surface area contributed by atoms with Crippen molar-refractivity contribution in [3.63, 3.8) is 0 Å². The van der Waals surface area contributed by atoms with E-state index in [4.69, 9.17) is 9.47 Å². The third-order valence-electron chi connectivity index (χ3n) is 3.89. The van der Waals surface area contributed by atoms with Gasteiger partial charge < -0.3 is 14.8 Å². The number of thioether (sulfide) groups is 1. The normalized spacial score (nSPS) is 10.5. The summed E-state index contributed by atoms with van der Waals surface area (Å²) in [5.41, 5.74) is 1.61. The zero-order valence-corrected chi connectivity index (χ0v) is 16.7. The molecule has 7 heteroatoms. The van der Waals surface area contributed by atoms with Gasteiger partial charge in [0.15, 0.2) is 5.16 Å². The molecule has 0 aliphatic heterocycles. The number of para-hydroxylation sites is 2. The van der Waals surface area contributed by atoms with Crippen molar-refractivity contribution in [1.29, 1.82) is 0 Å². The van der Waals surface area contributed by atoms with E-state index < -0.39 is 0 Å². The van der Waals surface area contributed by atoms with E-state index in [1.54, 1.807) is 13.3 Å². The van der Waals surface area contributed by atoms with Crippen LogP contribution in [0.2, 0.25) is 0 Å². The molecule has 1 heterocycles. The molecule has 1 aromatic heterocycles. The van der Waals surface area contributed by atoms with Gasteiger partial charge in [-0.2, -0.15) is 0 Å². The first-order valence-electron chi connectivity index (χ1n) is 9.03. The summed E-state index contributed by atoms with van der Waals surface area (Å²) >= 11 is 1.37. The van der Waals surface area contributed by atoms with Gasteiger partial charge in [0.05, 0.1) is 30.8 Å². The van der Waals surface area contributed by atoms with Gasteiger partial charge in [-0.15, -0.1) is 0 Å². The van der Waals surface area contributed by atoms with Crippen molar-refractivity contribution in [3.8, 4) is 17.2 Å². The first-order chi connectivity index (χ1) is 13.7. The van der Waals surface area contributed by atoms with E-state index in [-0.39, 0.29) is 11.7 Å². The second-order valence-corrected chi connectivity index (χ2v) is 6.91. The number of nitrogens with one attached hydrogen (secondary N) is 1. The van der Waals surface area contributed by atoms with Crippen LogP contribution >= 0.6 is 11.8 Å². The Morgan fingerprint density at radius 1 is 1.21 bits per heavy atom. The number of amides is 1. The second-order valence-electron chi connectivity index (χ2n) is 5.96. The molecule has 3 aromatic rings. The highest BCUT2D eigenvalue weighted by molar-refractivity contribution is 7.99. The molecule has 0 fully saturated rings. The molecule has 0 unspecified atom stereocenters. The van der Waals surface area contributed by atoms with Crippen molar-refractivity contribution in [1.82, 2.24) is 9.55 Å². The standard InChI is InChI=1S/C21H23N3O3S/c1-3-13-27-19-10-5-4-9-18(19)23-20(25)15-28-21-22-11-12-24(21)16-7-6-8-17(14-16)26-2/h4-12,14H,3,13,15H2,1-2H3,(H,23,25). The minimum atomic E-state index is -0.113. The van der Waals surface area contributed by atoms with E-state index in [9.17, 15) is 4.79 Å². The summed E-state index contributed by atoms with van der Waals surface area (Å²) in [4.78, 5) is 16.8. The van der Waals surface area contributed by atoms with Crippen LogP contribution in [0.15, 0.2) is 66.1 Å². The number of hydrogen-bond donors (Lipinski definition) is 1. The molecule has 0 radical (unpaired) electrons. The lowest BCUT2D eigenvalue weighted by Gasteiger charge is -2.12. The molecule has 28 heavy (non-hydrogen) atoms. The number of benzene rings is 2. The average molecular weight is 398 g/mol. The van der Waals surface area contributed by atoms with E-state index in [2.05, 4.69) is 10.3 Å². The summed E-state index contributed by atoms with van der Waals surface area (Å²) in [5, 5.41) is 3.65. The number of ether oxygens (including phenoxy) is 2. The fourth-order valence-corrected chi connectivity index (χ4v) is 3.35. The van der Waals surface area contributed by atoms with E-state index in [1.165, 1.54) is 11.8 Å². The molecule has 0 saturated carbocycles. The Morgan fingerprint density at radius 3 is 2.89 bits per heavy atom. The maximum atomic E-state index is 12.4. The lowest BCUT2D eigenvalue weighted by Crippen LogP contribution is -2.15. The first kappa shape index (κ1) is 19.8. The van der Waals surface area contributed by atoms with Gasteiger partial charge in [0.25, 0.3) is 0 Å². The van der Waals surface area contributed by atoms with Gasteiger partial charge >= 0.3 is 0 Å². The smallest absolute Gasteiger partial charge is 0.234 e. The van der Waals surface area contributed by atoms with E-state index in [0.29, 0.717) is 18.0 Å². The predicted octanol–water partition coefficient (Wildman–Crippen LogP) is 4.40. The van der Waals surface area contributed by atoms with Crippen LogP contribution < -0.4 is 14.8 Å². The molecule has 0 bridgehead atoms. The van der Waals surface area contributed by atoms with E-state index in [1.807, 2.05) is 66.2 Å². The molecule has 0 atom stereocenters. The molecule has 0 saturated heterocycles. The van der Waals surface area contributed by atoms with Crippen LogP contribution in [0.5, 0.6) is 11.5 Å². The van der Waals surface area contributed by atoms with Crippen LogP contribution in [-0.2, 0) is 4.79 Å². The Balaban J connectivity index is 1.64. The van der Waals surface area contributed by atoms with Gasteiger partial charge in [-0.1, -0.05) is 36.9 Å². The minimum absolute atomic E-state index is 0.113. The van der Waals surface area contributed by atoms with Crippen LogP contribution in [0.3, 0.4) is 0 Å². The number of rotatable bonds is 9. The topological polar surface area (TPSA) is 65.4 Å². The molecular formula is C21H23N3O3S. The average Bonchev–Trinajstić information content (AvgIpc) is 3.20. The fraction of sp³-hybridized carbons (Fsp3) is 0.238. The third kappa shape index (κ3) is 5.07. The maximum Gasteiger partial charge on any atom is 0.234 e. The molecule has 1 amide bonds. The summed E-state index contributed by atoms with van der Waals surface area (Å²) in [7, 11) is 1.63. The second kappa shape index (κ2) is 9.85. The van der Waals surface area contributed by atoms with Gasteiger partial charge in [-0.05, 0) is 30.7 Å². The van der Waals surface area contributed by atoms with Crippen molar-refractivity contribution in [2.24, 2.45) is 0 Å². The van der Waals surface area contributed by atoms with Gasteiger partial charge in [0.1, 0.15) is 11.5 Å². The van der Waals surface area contributed by atoms with Crippen LogP contribution in [-0.4, -0.2) is 34.9 Å². The Kier molecular flexibility index (Phi) is 6.97. The molecule has 146 valence electrons. The molecule has 6 nitrogen and oxygen atoms in total. The van der Waals surface area contributed by atoms with Crippen molar-refractivity contribution in [2.75, 3.05) is 24.8 Å². The number of imidazole rings is 1. The third-order valence-corrected chi connectivity index (χ3v) is 4.86. The lowest BCUT2D eigenvalue weighted by atomic mass is 10.3. The number of nitrogens with zero attached hydrogens (tertiary/aromatic N) is 2. The molecule has 0 aliphatic carbocycles. The summed E-state index contributed by atoms with van der Waals surface area (Å²) < 4.78 is 12.9. The molecular weight excluding hydrogens is 374 g/mol. The number of anilines is 1. The highest BCUT2D eigenvalue weighted by Crippen LogP contribution is 2.26. The summed E-state index contributed by atoms with van der Waals surface area (Å²) in [5.74, 6) is 1.57. The zero-order chi connectivity index (χ0) is 19.8. The number of carbonyl (C=O) groups is 1. The van der Waals surface area contributed by atoms with Gasteiger partial charge in [-0.3, -0.25) is 9.36 Å². The zero-order valence-electron chi connectivity index (χ0n) is 15.9. The highest BCUT2D eigenvalue weighted by Gasteiger charge is 2.12. The highest BCUT2D eigenvalue weighted by atomic mass is 32.2. The SMILES string of the molecule is CCCOc1ccccc1NC(=O)CSc1nccn1-c1cccc(OC)c1. The molecule has 0 spiro atoms. The van der Waals surface area contributed by atoms with Crippen LogP contribution in [0, 0.1) is 0 Å². The van der Waals surface area contributed by atoms with Gasteiger partial charge in [0, 0.05) is 18.5 Å². The van der Waals surface area contributed by atoms with Crippen molar-refractivity contribution in [3.05, 3.63) is 60.9 Å². The van der Waals surface area contributed by atoms with Crippen molar-refractivity contribution >= 4 is 23.4 Å². The van der Waals surface area contributed by atoms with Crippen molar-refractivity contribution in [2.45, 2.75) is 18.5 Å². The minimum Gasteiger partial charge on any atom is -0.497 e. The number of aromatic nitrogens is 2. The van der Waals surface area contributed by atoms with Crippen LogP contribution in [0.4, 0.5) is 5.69 Å². The largest absolute Gasteiger partial charge is 0.497 e. The number of carbonyl (C=O) groups excluding carboxylic acids is 1. The maximum absolute atomic E-state index is 12.4. The number of hydrogen-bond acceptors (Lipinski definition) is 5. The van der Waals surface area contributed by atoms with Crippen LogP contribution in [0.25, 0.3) is 5.69 Å². The summed E-state index contributed by atoms with van der Waals surface area (Å²) in [6, 6.07) is 15.2. The Morgan fingerprint density at radius 2 is 2.07 bits per heavy atom. The summed E-state index contributed by atoms with van der Waals surface area (Å²) in [6.07, 6.45) is 4.49. The summed E-state index contributed by atoms with van der Waals surface area (Å²) in [6.45, 7) is 2.65. The predicted molar refractivity (Wildman–Crippen MR) is 112 cm³/mol. The molecule has 3 rings (SSSR count). The Labute approximate surface area is 168 Å². The Bertz CT molecular complexity index is 927. The molecule has 1 N–H and O–H groups in total. The Hall–Kier alpha value is -2.93. The molecule has 0 aliphatic rings. The number of methoxy groups -OCH3 is 1. The van der Waals surface area contributed by atoms with Crippen molar-refractivity contribution < 1.29 is 14.3 Å². The fourth-order valence-electron chi connectivity index (χ4n) is 2.58. The van der Waals surface area contributed by atoms with Gasteiger partial charge in [0.2, 0.25) is 5.91 Å². The van der Waals surface area contributed by atoms with Crippen LogP contribution in [0.1, 0.15) is 13.3 Å². The first-order valence-corrected chi connectivity index (χ1v) is 10.0.